The van der Waals surface area contributed by atoms with Gasteiger partial charge in [-0.3, -0.25) is 0 Å². The quantitative estimate of drug-likeness (QED) is 0.802. The van der Waals surface area contributed by atoms with E-state index in [1.54, 1.807) is 24.4 Å². The highest BCUT2D eigenvalue weighted by atomic mass is 35.5. The van der Waals surface area contributed by atoms with Gasteiger partial charge < -0.3 is 10.3 Å². The molecule has 1 aromatic carbocycles. The van der Waals surface area contributed by atoms with E-state index in [-0.39, 0.29) is 11.9 Å². The van der Waals surface area contributed by atoms with Crippen LogP contribution in [-0.2, 0) is 6.42 Å². The van der Waals surface area contributed by atoms with Crippen molar-refractivity contribution in [1.29, 1.82) is 0 Å². The number of benzene rings is 1. The summed E-state index contributed by atoms with van der Waals surface area (Å²) in [5.41, 5.74) is 8.30. The summed E-state index contributed by atoms with van der Waals surface area (Å²) in [4.78, 5) is 9.01. The van der Waals surface area contributed by atoms with Crippen LogP contribution in [0.25, 0.3) is 11.2 Å². The van der Waals surface area contributed by atoms with Crippen LogP contribution in [0.15, 0.2) is 36.5 Å². The fourth-order valence-corrected chi connectivity index (χ4v) is 2.63. The topological polar surface area (TPSA) is 56.7 Å². The molecule has 0 aliphatic heterocycles. The molecule has 2 aromatic heterocycles. The van der Waals surface area contributed by atoms with Crippen molar-refractivity contribution in [2.45, 2.75) is 19.4 Å². The normalized spacial score (nSPS) is 12.7. The maximum Gasteiger partial charge on any atom is 0.160 e. The molecule has 0 spiro atoms. The summed E-state index contributed by atoms with van der Waals surface area (Å²) in [6.07, 6.45) is 2.19. The summed E-state index contributed by atoms with van der Waals surface area (Å²) in [6, 6.07) is 8.26. The third-order valence-corrected chi connectivity index (χ3v) is 3.83. The zero-order chi connectivity index (χ0) is 15.7. The van der Waals surface area contributed by atoms with Crippen LogP contribution in [0.1, 0.15) is 24.4 Å². The second kappa shape index (κ2) is 6.02. The first-order valence-electron chi connectivity index (χ1n) is 7.05. The van der Waals surface area contributed by atoms with Crippen molar-refractivity contribution in [1.82, 2.24) is 14.5 Å². The Morgan fingerprint density at radius 1 is 1.32 bits per heavy atom. The van der Waals surface area contributed by atoms with Gasteiger partial charge in [0.05, 0.1) is 5.02 Å². The van der Waals surface area contributed by atoms with Gasteiger partial charge in [-0.1, -0.05) is 23.7 Å². The maximum absolute atomic E-state index is 13.0. The van der Waals surface area contributed by atoms with E-state index in [2.05, 4.69) is 9.97 Å². The van der Waals surface area contributed by atoms with Crippen LogP contribution in [-0.4, -0.2) is 21.1 Å². The van der Waals surface area contributed by atoms with Gasteiger partial charge in [0, 0.05) is 25.2 Å². The lowest BCUT2D eigenvalue weighted by Gasteiger charge is -2.15. The molecule has 0 bridgehead atoms. The van der Waals surface area contributed by atoms with E-state index in [0.29, 0.717) is 18.0 Å². The summed E-state index contributed by atoms with van der Waals surface area (Å²) in [6.45, 7) is 2.50. The predicted octanol–water partition coefficient (Wildman–Crippen LogP) is 3.33. The lowest BCUT2D eigenvalue weighted by Crippen LogP contribution is -2.18. The Hall–Kier alpha value is -1.98. The number of aromatic nitrogens is 3. The van der Waals surface area contributed by atoms with E-state index in [1.165, 1.54) is 12.1 Å². The highest BCUT2D eigenvalue weighted by Crippen LogP contribution is 2.23. The van der Waals surface area contributed by atoms with Gasteiger partial charge in [0.15, 0.2) is 5.65 Å². The fourth-order valence-electron chi connectivity index (χ4n) is 2.48. The van der Waals surface area contributed by atoms with Crippen molar-refractivity contribution in [3.63, 3.8) is 0 Å². The molecular weight excluding hydrogens is 303 g/mol. The van der Waals surface area contributed by atoms with Crippen LogP contribution >= 0.6 is 11.6 Å². The minimum atomic E-state index is -0.249. The maximum atomic E-state index is 13.0. The van der Waals surface area contributed by atoms with Gasteiger partial charge in [0.25, 0.3) is 0 Å². The number of fused-ring (bicyclic) bond motifs is 1. The van der Waals surface area contributed by atoms with Gasteiger partial charge in [-0.25, -0.2) is 14.4 Å². The van der Waals surface area contributed by atoms with E-state index in [9.17, 15) is 4.39 Å². The molecule has 3 aromatic rings. The number of hydrogen-bond acceptors (Lipinski definition) is 3. The second-order valence-corrected chi connectivity index (χ2v) is 5.72. The van der Waals surface area contributed by atoms with Gasteiger partial charge in [0.1, 0.15) is 17.2 Å². The Morgan fingerprint density at radius 3 is 2.73 bits per heavy atom. The molecule has 0 aliphatic rings. The smallest absolute Gasteiger partial charge is 0.160 e. The molecule has 0 saturated heterocycles. The molecule has 4 nitrogen and oxygen atoms in total. The Labute approximate surface area is 132 Å². The van der Waals surface area contributed by atoms with E-state index in [0.717, 1.165) is 22.6 Å². The first kappa shape index (κ1) is 14.9. The van der Waals surface area contributed by atoms with Gasteiger partial charge in [0.2, 0.25) is 0 Å². The van der Waals surface area contributed by atoms with Crippen LogP contribution < -0.4 is 5.73 Å². The first-order valence-corrected chi connectivity index (χ1v) is 7.43. The average molecular weight is 319 g/mol. The Kier molecular flexibility index (Phi) is 4.09. The van der Waals surface area contributed by atoms with Crippen molar-refractivity contribution in [3.8, 4) is 0 Å². The van der Waals surface area contributed by atoms with E-state index >= 15 is 0 Å². The first-order chi connectivity index (χ1) is 10.6. The number of nitrogens with zero attached hydrogens (tertiary/aromatic N) is 3. The minimum absolute atomic E-state index is 0.0640. The predicted molar refractivity (Wildman–Crippen MR) is 85.5 cm³/mol. The number of rotatable bonds is 4. The number of hydrogen-bond donors (Lipinski definition) is 1. The number of pyridine rings is 1. The highest BCUT2D eigenvalue weighted by molar-refractivity contribution is 6.31. The molecule has 3 rings (SSSR count). The third kappa shape index (κ3) is 2.82. The molecule has 0 fully saturated rings. The van der Waals surface area contributed by atoms with Crippen LogP contribution in [0.3, 0.4) is 0 Å². The Balaban J connectivity index is 2.08. The van der Waals surface area contributed by atoms with Gasteiger partial charge in [-0.2, -0.15) is 0 Å². The van der Waals surface area contributed by atoms with E-state index < -0.39 is 0 Å². The summed E-state index contributed by atoms with van der Waals surface area (Å²) in [5, 5.41) is 0.547. The number of imidazole rings is 1. The van der Waals surface area contributed by atoms with Crippen molar-refractivity contribution in [3.05, 3.63) is 58.8 Å². The molecule has 22 heavy (non-hydrogen) atoms. The molecule has 0 saturated carbocycles. The molecule has 0 radical (unpaired) electrons. The van der Waals surface area contributed by atoms with Crippen molar-refractivity contribution >= 4 is 22.8 Å². The summed E-state index contributed by atoms with van der Waals surface area (Å²) < 4.78 is 15.1. The summed E-state index contributed by atoms with van der Waals surface area (Å²) in [7, 11) is 0. The van der Waals surface area contributed by atoms with Crippen LogP contribution in [0.2, 0.25) is 5.02 Å². The lowest BCUT2D eigenvalue weighted by atomic mass is 10.1. The molecule has 0 amide bonds. The standard InChI is InChI=1S/C16H16ClFN4/c1-10(8-19)22-15(6-11-2-4-13(18)5-3-11)21-14-7-12(17)9-20-16(14)22/h2-5,7,9-10H,6,8,19H2,1H3. The van der Waals surface area contributed by atoms with E-state index in [1.807, 2.05) is 11.5 Å². The third-order valence-electron chi connectivity index (χ3n) is 3.63. The van der Waals surface area contributed by atoms with Crippen molar-refractivity contribution < 1.29 is 4.39 Å². The molecule has 0 aliphatic carbocycles. The highest BCUT2D eigenvalue weighted by Gasteiger charge is 2.16. The summed E-state index contributed by atoms with van der Waals surface area (Å²) in [5.74, 6) is 0.593. The van der Waals surface area contributed by atoms with Gasteiger partial charge >= 0.3 is 0 Å². The fraction of sp³-hybridized carbons (Fsp3) is 0.250. The molecule has 1 atom stereocenters. The van der Waals surface area contributed by atoms with Gasteiger partial charge in [-0.05, 0) is 30.7 Å². The van der Waals surface area contributed by atoms with E-state index in [4.69, 9.17) is 17.3 Å². The van der Waals surface area contributed by atoms with Crippen molar-refractivity contribution in [2.75, 3.05) is 6.54 Å². The van der Waals surface area contributed by atoms with Crippen LogP contribution in [0.5, 0.6) is 0 Å². The Bertz CT molecular complexity index is 798. The zero-order valence-corrected chi connectivity index (χ0v) is 12.9. The Morgan fingerprint density at radius 2 is 2.05 bits per heavy atom. The number of halogens is 2. The minimum Gasteiger partial charge on any atom is -0.328 e. The largest absolute Gasteiger partial charge is 0.328 e. The van der Waals surface area contributed by atoms with Crippen molar-refractivity contribution in [2.24, 2.45) is 5.73 Å². The average Bonchev–Trinajstić information content (AvgIpc) is 2.85. The summed E-state index contributed by atoms with van der Waals surface area (Å²) >= 11 is 5.99. The molecule has 2 N–H and O–H groups in total. The molecule has 2 heterocycles. The zero-order valence-electron chi connectivity index (χ0n) is 12.1. The van der Waals surface area contributed by atoms with Crippen LogP contribution in [0.4, 0.5) is 4.39 Å². The SMILES string of the molecule is CC(CN)n1c(Cc2ccc(F)cc2)nc2cc(Cl)cnc21. The van der Waals surface area contributed by atoms with Gasteiger partial charge in [-0.15, -0.1) is 0 Å². The lowest BCUT2D eigenvalue weighted by molar-refractivity contribution is 0.549. The molecule has 114 valence electrons. The molecule has 6 heteroatoms. The molecule has 1 unspecified atom stereocenters. The second-order valence-electron chi connectivity index (χ2n) is 5.28. The van der Waals surface area contributed by atoms with Crippen LogP contribution in [0, 0.1) is 5.82 Å². The molecular formula is C16H16ClFN4. The monoisotopic (exact) mass is 318 g/mol. The number of nitrogens with two attached hydrogens (primary N) is 1.